The maximum absolute atomic E-state index is 13.2. The van der Waals surface area contributed by atoms with Crippen LogP contribution < -0.4 is 5.32 Å². The van der Waals surface area contributed by atoms with Crippen LogP contribution in [0.25, 0.3) is 10.1 Å². The predicted molar refractivity (Wildman–Crippen MR) is 110 cm³/mol. The maximum Gasteiger partial charge on any atom is 0.253 e. The summed E-state index contributed by atoms with van der Waals surface area (Å²) in [5.74, 6) is -0.895. The van der Waals surface area contributed by atoms with Gasteiger partial charge in [-0.1, -0.05) is 36.4 Å². The number of hydrogen-bond donors (Lipinski definition) is 1. The first-order chi connectivity index (χ1) is 13.9. The average Bonchev–Trinajstić information content (AvgIpc) is 3.32. The van der Waals surface area contributed by atoms with Gasteiger partial charge in [-0.25, -0.2) is 8.42 Å². The van der Waals surface area contributed by atoms with Gasteiger partial charge in [0.2, 0.25) is 11.8 Å². The van der Waals surface area contributed by atoms with E-state index in [2.05, 4.69) is 5.32 Å². The molecular weight excluding hydrogens is 408 g/mol. The highest BCUT2D eigenvalue weighted by Crippen LogP contribution is 2.36. The van der Waals surface area contributed by atoms with E-state index in [1.807, 2.05) is 42.5 Å². The minimum absolute atomic E-state index is 0.243. The Morgan fingerprint density at radius 1 is 1.00 bits per heavy atom. The Morgan fingerprint density at radius 3 is 2.59 bits per heavy atom. The van der Waals surface area contributed by atoms with Crippen molar-refractivity contribution in [3.63, 3.8) is 0 Å². The molecule has 1 atom stereocenters. The molecule has 0 spiro atoms. The first kappa shape index (κ1) is 18.5. The molecule has 0 bridgehead atoms. The van der Waals surface area contributed by atoms with Crippen molar-refractivity contribution in [2.45, 2.75) is 36.1 Å². The molecule has 29 heavy (non-hydrogen) atoms. The molecule has 5 rings (SSSR count). The van der Waals surface area contributed by atoms with Crippen LogP contribution in [0.5, 0.6) is 0 Å². The number of sulfonamides is 1. The Labute approximate surface area is 172 Å². The van der Waals surface area contributed by atoms with Gasteiger partial charge in [0.1, 0.15) is 4.21 Å². The van der Waals surface area contributed by atoms with Crippen molar-refractivity contribution in [2.24, 2.45) is 0 Å². The van der Waals surface area contributed by atoms with E-state index >= 15 is 0 Å². The lowest BCUT2D eigenvalue weighted by molar-refractivity contribution is -0.134. The molecule has 1 aromatic heterocycles. The summed E-state index contributed by atoms with van der Waals surface area (Å²) in [6.45, 7) is 0.606. The first-order valence-corrected chi connectivity index (χ1v) is 11.6. The fourth-order valence-corrected chi connectivity index (χ4v) is 6.94. The summed E-state index contributed by atoms with van der Waals surface area (Å²) in [7, 11) is -3.60. The van der Waals surface area contributed by atoms with Crippen molar-refractivity contribution >= 4 is 43.3 Å². The van der Waals surface area contributed by atoms with Crippen LogP contribution in [-0.4, -0.2) is 24.5 Å². The van der Waals surface area contributed by atoms with Gasteiger partial charge in [0.25, 0.3) is 10.0 Å². The summed E-state index contributed by atoms with van der Waals surface area (Å²) in [6.07, 6.45) is 0.799. The molecule has 2 aliphatic rings. The summed E-state index contributed by atoms with van der Waals surface area (Å²) >= 11 is 1.28. The zero-order valence-electron chi connectivity index (χ0n) is 15.4. The van der Waals surface area contributed by atoms with Gasteiger partial charge in [-0.15, -0.1) is 11.3 Å². The number of piperidine rings is 1. The van der Waals surface area contributed by atoms with Gasteiger partial charge >= 0.3 is 0 Å². The lowest BCUT2D eigenvalue weighted by Crippen LogP contribution is -2.39. The summed E-state index contributed by atoms with van der Waals surface area (Å²) < 4.78 is 29.1. The van der Waals surface area contributed by atoms with Crippen molar-refractivity contribution in [3.8, 4) is 0 Å². The molecule has 6 nitrogen and oxygen atoms in total. The molecule has 3 aromatic rings. The van der Waals surface area contributed by atoms with Crippen LogP contribution in [0.2, 0.25) is 0 Å². The number of nitrogens with zero attached hydrogens (tertiary/aromatic N) is 1. The smallest absolute Gasteiger partial charge is 0.253 e. The van der Waals surface area contributed by atoms with Gasteiger partial charge in [-0.05, 0) is 40.6 Å². The van der Waals surface area contributed by atoms with Crippen molar-refractivity contribution in [3.05, 3.63) is 65.2 Å². The fourth-order valence-electron chi connectivity index (χ4n) is 3.99. The molecule has 1 saturated heterocycles. The molecule has 0 saturated carbocycles. The average molecular weight is 427 g/mol. The van der Waals surface area contributed by atoms with E-state index < -0.39 is 10.0 Å². The minimum Gasteiger partial charge on any atom is -0.296 e. The van der Waals surface area contributed by atoms with Crippen LogP contribution in [0.4, 0.5) is 0 Å². The number of carbonyl (C=O) groups is 2. The molecule has 1 unspecified atom stereocenters. The van der Waals surface area contributed by atoms with Gasteiger partial charge in [-0.3, -0.25) is 14.9 Å². The number of nitrogens with one attached hydrogen (secondary N) is 1. The second-order valence-electron chi connectivity index (χ2n) is 7.41. The molecule has 1 N–H and O–H groups in total. The van der Waals surface area contributed by atoms with Gasteiger partial charge < -0.3 is 0 Å². The van der Waals surface area contributed by atoms with Gasteiger partial charge in [0, 0.05) is 24.2 Å². The van der Waals surface area contributed by atoms with Crippen molar-refractivity contribution in [1.82, 2.24) is 9.62 Å². The third-order valence-electron chi connectivity index (χ3n) is 5.56. The first-order valence-electron chi connectivity index (χ1n) is 9.36. The van der Waals surface area contributed by atoms with Crippen molar-refractivity contribution in [2.75, 3.05) is 0 Å². The topological polar surface area (TPSA) is 83.6 Å². The normalized spacial score (nSPS) is 20.1. The maximum atomic E-state index is 13.2. The number of fused-ring (bicyclic) bond motifs is 2. The van der Waals surface area contributed by atoms with Crippen molar-refractivity contribution < 1.29 is 18.0 Å². The summed E-state index contributed by atoms with van der Waals surface area (Å²) in [4.78, 5) is 23.5. The molecule has 2 aliphatic heterocycles. The number of amides is 2. The van der Waals surface area contributed by atoms with Crippen LogP contribution in [0.1, 0.15) is 35.4 Å². The molecule has 1 fully saturated rings. The molecule has 0 radical (unpaired) electrons. The summed E-state index contributed by atoms with van der Waals surface area (Å²) in [5.41, 5.74) is 2.69. The minimum atomic E-state index is -3.60. The monoisotopic (exact) mass is 426 g/mol. The van der Waals surface area contributed by atoms with Crippen molar-refractivity contribution in [1.29, 1.82) is 0 Å². The van der Waals surface area contributed by atoms with E-state index in [4.69, 9.17) is 0 Å². The second-order valence-corrected chi connectivity index (χ2v) is 10.7. The Balaban J connectivity index is 1.42. The Hall–Kier alpha value is -2.55. The molecule has 0 aliphatic carbocycles. The van der Waals surface area contributed by atoms with Crippen LogP contribution in [-0.2, 0) is 32.7 Å². The van der Waals surface area contributed by atoms with E-state index in [1.54, 1.807) is 6.07 Å². The highest BCUT2D eigenvalue weighted by atomic mass is 32.2. The molecule has 3 heterocycles. The van der Waals surface area contributed by atoms with Crippen LogP contribution in [0.15, 0.2) is 52.7 Å². The molecule has 2 amide bonds. The highest BCUT2D eigenvalue weighted by molar-refractivity contribution is 7.91. The van der Waals surface area contributed by atoms with Crippen LogP contribution in [0.3, 0.4) is 0 Å². The zero-order valence-corrected chi connectivity index (χ0v) is 17.1. The summed E-state index contributed by atoms with van der Waals surface area (Å²) in [5, 5.41) is 3.30. The third kappa shape index (κ3) is 3.17. The van der Waals surface area contributed by atoms with Gasteiger partial charge in [0.15, 0.2) is 0 Å². The Kier molecular flexibility index (Phi) is 4.31. The zero-order chi connectivity index (χ0) is 20.2. The SMILES string of the molecule is O=C1CCC(c2ccc3c(c2)CN(S(=O)(=O)c2cc4ccccc4s2)C3)C(=O)N1. The van der Waals surface area contributed by atoms with Crippen LogP contribution >= 0.6 is 11.3 Å². The van der Waals surface area contributed by atoms with Gasteiger partial charge in [0.05, 0.1) is 5.92 Å². The lowest BCUT2D eigenvalue weighted by Gasteiger charge is -2.21. The number of hydrogen-bond acceptors (Lipinski definition) is 5. The lowest BCUT2D eigenvalue weighted by atomic mass is 9.89. The number of benzene rings is 2. The van der Waals surface area contributed by atoms with E-state index in [1.165, 1.54) is 15.6 Å². The molecule has 8 heteroatoms. The second kappa shape index (κ2) is 6.76. The van der Waals surface area contributed by atoms with E-state index in [-0.39, 0.29) is 24.3 Å². The predicted octanol–water partition coefficient (Wildman–Crippen LogP) is 3.13. The number of imide groups is 1. The fraction of sp³-hybridized carbons (Fsp3) is 0.238. The summed E-state index contributed by atoms with van der Waals surface area (Å²) in [6, 6.07) is 15.0. The molecule has 148 valence electrons. The van der Waals surface area contributed by atoms with Gasteiger partial charge in [-0.2, -0.15) is 4.31 Å². The molecular formula is C21H18N2O4S2. The van der Waals surface area contributed by atoms with E-state index in [9.17, 15) is 18.0 Å². The quantitative estimate of drug-likeness (QED) is 0.653. The number of rotatable bonds is 3. The third-order valence-corrected chi connectivity index (χ3v) is 8.92. The van der Waals surface area contributed by atoms with Crippen LogP contribution in [0, 0.1) is 0 Å². The molecule has 2 aromatic carbocycles. The van der Waals surface area contributed by atoms with E-state index in [0.717, 1.165) is 26.8 Å². The standard InChI is InChI=1S/C21H18N2O4S2/c24-19-8-7-17(21(25)22-19)13-5-6-15-11-23(12-16(15)9-13)29(26,27)20-10-14-3-1-2-4-18(14)28-20/h1-6,9-10,17H,7-8,11-12H2,(H,22,24,25). The highest BCUT2D eigenvalue weighted by Gasteiger charge is 2.34. The Morgan fingerprint density at radius 2 is 1.79 bits per heavy atom. The Bertz CT molecular complexity index is 1230. The largest absolute Gasteiger partial charge is 0.296 e. The number of carbonyl (C=O) groups excluding carboxylic acids is 2. The number of thiophene rings is 1. The van der Waals surface area contributed by atoms with E-state index in [0.29, 0.717) is 23.6 Å².